The number of hydrogen-bond acceptors (Lipinski definition) is 6. The Morgan fingerprint density at radius 3 is 2.93 bits per heavy atom. The van der Waals surface area contributed by atoms with Crippen molar-refractivity contribution in [3.8, 4) is 23.3 Å². The normalized spacial score (nSPS) is 16.0. The van der Waals surface area contributed by atoms with Crippen molar-refractivity contribution in [3.63, 3.8) is 0 Å². The second-order valence-electron chi connectivity index (χ2n) is 6.79. The summed E-state index contributed by atoms with van der Waals surface area (Å²) >= 11 is 0. The predicted octanol–water partition coefficient (Wildman–Crippen LogP) is 2.31. The molecule has 3 heterocycles. The number of ether oxygens (including phenoxy) is 1. The van der Waals surface area contributed by atoms with E-state index in [4.69, 9.17) is 15.0 Å². The zero-order valence-electron chi connectivity index (χ0n) is 15.8. The number of carbonyl (C=O) groups is 1. The van der Waals surface area contributed by atoms with Crippen molar-refractivity contribution in [1.29, 1.82) is 0 Å². The van der Waals surface area contributed by atoms with E-state index in [9.17, 15) is 4.79 Å². The largest absolute Gasteiger partial charge is 0.491 e. The number of nitrogens with zero attached hydrogens (tertiary/aromatic N) is 4. The molecule has 3 aromatic rings. The van der Waals surface area contributed by atoms with Crippen LogP contribution in [-0.4, -0.2) is 32.4 Å². The van der Waals surface area contributed by atoms with E-state index in [0.29, 0.717) is 24.1 Å². The second-order valence-corrected chi connectivity index (χ2v) is 6.79. The lowest BCUT2D eigenvalue weighted by molar-refractivity contribution is 0.0995. The summed E-state index contributed by atoms with van der Waals surface area (Å²) in [4.78, 5) is 15.8. The molecular weight excluding hydrogens is 358 g/mol. The predicted molar refractivity (Wildman–Crippen MR) is 100 cm³/mol. The molecule has 0 saturated heterocycles. The summed E-state index contributed by atoms with van der Waals surface area (Å²) in [7, 11) is 0. The third-order valence-corrected chi connectivity index (χ3v) is 4.53. The molecule has 142 valence electrons. The number of benzene rings is 1. The molecule has 2 aromatic heterocycles. The number of primary amides is 1. The fourth-order valence-corrected chi connectivity index (χ4v) is 2.99. The number of aryl methyl sites for hydroxylation is 1. The summed E-state index contributed by atoms with van der Waals surface area (Å²) in [6.07, 6.45) is 0. The quantitative estimate of drug-likeness (QED) is 0.687. The Kier molecular flexibility index (Phi) is 4.35. The minimum absolute atomic E-state index is 0.0593. The van der Waals surface area contributed by atoms with Crippen LogP contribution in [0.4, 0.5) is 0 Å². The van der Waals surface area contributed by atoms with Gasteiger partial charge in [-0.15, -0.1) is 0 Å². The van der Waals surface area contributed by atoms with Crippen molar-refractivity contribution in [1.82, 2.24) is 19.9 Å². The van der Waals surface area contributed by atoms with E-state index in [-0.39, 0.29) is 17.5 Å². The van der Waals surface area contributed by atoms with Crippen LogP contribution in [0.1, 0.15) is 59.1 Å². The molecule has 1 aliphatic heterocycles. The van der Waals surface area contributed by atoms with Crippen LogP contribution in [0.15, 0.2) is 28.8 Å². The summed E-state index contributed by atoms with van der Waals surface area (Å²) in [5, 5.41) is 8.27. The van der Waals surface area contributed by atoms with Gasteiger partial charge < -0.3 is 15.0 Å². The lowest BCUT2D eigenvalue weighted by Crippen LogP contribution is -2.12. The molecule has 2 unspecified atom stereocenters. The molecule has 0 fully saturated rings. The number of hydrogen-bond donors (Lipinski definition) is 1. The highest BCUT2D eigenvalue weighted by Crippen LogP contribution is 2.32. The second kappa shape index (κ2) is 6.85. The smallest absolute Gasteiger partial charge is 0.269 e. The minimum Gasteiger partial charge on any atom is -0.491 e. The van der Waals surface area contributed by atoms with Crippen molar-refractivity contribution in [3.05, 3.63) is 52.9 Å². The molecule has 0 radical (unpaired) electrons. The SMILES string of the molecule is Cc1nc(C(C)C#Cc2ccc3c(c2)-n2nc(C(N)=O)cc2C(C)CO3)no1. The van der Waals surface area contributed by atoms with Crippen LogP contribution in [0, 0.1) is 18.8 Å². The van der Waals surface area contributed by atoms with Crippen LogP contribution in [0.5, 0.6) is 5.75 Å². The Balaban J connectivity index is 1.72. The Labute approximate surface area is 161 Å². The zero-order chi connectivity index (χ0) is 19.8. The average Bonchev–Trinajstić information content (AvgIpc) is 3.28. The molecule has 1 aliphatic rings. The van der Waals surface area contributed by atoms with Crippen LogP contribution in [0.2, 0.25) is 0 Å². The topological polar surface area (TPSA) is 109 Å². The number of fused-ring (bicyclic) bond motifs is 3. The maximum Gasteiger partial charge on any atom is 0.269 e. The third kappa shape index (κ3) is 3.22. The van der Waals surface area contributed by atoms with E-state index in [1.807, 2.05) is 32.0 Å². The number of aromatic nitrogens is 4. The summed E-state index contributed by atoms with van der Waals surface area (Å²) < 4.78 is 12.6. The molecule has 0 aliphatic carbocycles. The maximum atomic E-state index is 11.6. The lowest BCUT2D eigenvalue weighted by Gasteiger charge is -2.08. The molecule has 2 N–H and O–H groups in total. The number of rotatable bonds is 2. The molecule has 0 bridgehead atoms. The summed E-state index contributed by atoms with van der Waals surface area (Å²) in [5.41, 5.74) is 8.02. The van der Waals surface area contributed by atoms with Crippen LogP contribution in [-0.2, 0) is 0 Å². The van der Waals surface area contributed by atoms with Gasteiger partial charge in [-0.05, 0) is 31.2 Å². The highest BCUT2D eigenvalue weighted by molar-refractivity contribution is 5.91. The first-order valence-corrected chi connectivity index (χ1v) is 8.91. The van der Waals surface area contributed by atoms with Gasteiger partial charge in [0, 0.05) is 18.4 Å². The van der Waals surface area contributed by atoms with Gasteiger partial charge in [-0.1, -0.05) is 23.9 Å². The average molecular weight is 377 g/mol. The molecule has 1 aromatic carbocycles. The van der Waals surface area contributed by atoms with Crippen LogP contribution in [0.25, 0.3) is 5.69 Å². The molecule has 0 saturated carbocycles. The fraction of sp³-hybridized carbons (Fsp3) is 0.300. The highest BCUT2D eigenvalue weighted by atomic mass is 16.5. The molecular formula is C20H19N5O3. The Hall–Kier alpha value is -3.60. The number of carbonyl (C=O) groups excluding carboxylic acids is 1. The number of amides is 1. The van der Waals surface area contributed by atoms with Crippen molar-refractivity contribution in [2.24, 2.45) is 5.73 Å². The zero-order valence-corrected chi connectivity index (χ0v) is 15.8. The minimum atomic E-state index is -0.560. The van der Waals surface area contributed by atoms with Crippen molar-refractivity contribution >= 4 is 5.91 Å². The Bertz CT molecular complexity index is 1120. The van der Waals surface area contributed by atoms with Gasteiger partial charge in [0.1, 0.15) is 11.4 Å². The first-order chi connectivity index (χ1) is 13.4. The van der Waals surface area contributed by atoms with Gasteiger partial charge in [-0.3, -0.25) is 4.79 Å². The first kappa shape index (κ1) is 17.8. The van der Waals surface area contributed by atoms with Gasteiger partial charge in [-0.25, -0.2) is 4.68 Å². The maximum absolute atomic E-state index is 11.6. The van der Waals surface area contributed by atoms with E-state index in [0.717, 1.165) is 16.9 Å². The van der Waals surface area contributed by atoms with Crippen molar-refractivity contribution in [2.75, 3.05) is 6.61 Å². The van der Waals surface area contributed by atoms with E-state index in [1.165, 1.54) is 0 Å². The van der Waals surface area contributed by atoms with Crippen LogP contribution < -0.4 is 10.5 Å². The van der Waals surface area contributed by atoms with Crippen molar-refractivity contribution < 1.29 is 14.1 Å². The molecule has 1 amide bonds. The van der Waals surface area contributed by atoms with Crippen molar-refractivity contribution in [2.45, 2.75) is 32.6 Å². The molecule has 0 spiro atoms. The molecule has 8 heteroatoms. The Morgan fingerprint density at radius 2 is 2.21 bits per heavy atom. The Morgan fingerprint density at radius 1 is 1.39 bits per heavy atom. The van der Waals surface area contributed by atoms with Gasteiger partial charge in [-0.2, -0.15) is 10.1 Å². The number of nitrogens with two attached hydrogens (primary N) is 1. The molecule has 2 atom stereocenters. The third-order valence-electron chi connectivity index (χ3n) is 4.53. The first-order valence-electron chi connectivity index (χ1n) is 8.91. The summed E-state index contributed by atoms with van der Waals surface area (Å²) in [5.74, 6) is 7.33. The van der Waals surface area contributed by atoms with Gasteiger partial charge in [0.05, 0.1) is 18.2 Å². The van der Waals surface area contributed by atoms with Gasteiger partial charge >= 0.3 is 0 Å². The van der Waals surface area contributed by atoms with E-state index < -0.39 is 5.91 Å². The van der Waals surface area contributed by atoms with Gasteiger partial charge in [0.2, 0.25) is 5.89 Å². The fourth-order valence-electron chi connectivity index (χ4n) is 2.99. The van der Waals surface area contributed by atoms with E-state index in [2.05, 4.69) is 27.1 Å². The van der Waals surface area contributed by atoms with Gasteiger partial charge in [0.15, 0.2) is 11.5 Å². The van der Waals surface area contributed by atoms with Crippen LogP contribution >= 0.6 is 0 Å². The standard InChI is InChI=1S/C20H19N5O3/c1-11(20-22-13(3)28-24-20)4-5-14-6-7-18-17(8-14)25-16(12(2)10-27-18)9-15(23-25)19(21)26/h6-9,11-12H,10H2,1-3H3,(H2,21,26). The van der Waals surface area contributed by atoms with E-state index >= 15 is 0 Å². The molecule has 28 heavy (non-hydrogen) atoms. The summed E-state index contributed by atoms with van der Waals surface area (Å²) in [6.45, 7) is 6.15. The lowest BCUT2D eigenvalue weighted by atomic mass is 10.1. The van der Waals surface area contributed by atoms with Crippen LogP contribution in [0.3, 0.4) is 0 Å². The monoisotopic (exact) mass is 377 g/mol. The molecule has 4 rings (SSSR count). The van der Waals surface area contributed by atoms with E-state index in [1.54, 1.807) is 17.7 Å². The highest BCUT2D eigenvalue weighted by Gasteiger charge is 2.24. The van der Waals surface area contributed by atoms with Gasteiger partial charge in [0.25, 0.3) is 5.91 Å². The summed E-state index contributed by atoms with van der Waals surface area (Å²) in [6, 6.07) is 7.34. The molecule has 8 nitrogen and oxygen atoms in total.